The minimum absolute atomic E-state index is 0.125. The zero-order valence-electron chi connectivity index (χ0n) is 14.8. The summed E-state index contributed by atoms with van der Waals surface area (Å²) in [6.07, 6.45) is 1.46. The molecule has 138 valence electrons. The van der Waals surface area contributed by atoms with Crippen LogP contribution in [0.5, 0.6) is 0 Å². The lowest BCUT2D eigenvalue weighted by Gasteiger charge is -2.28. The number of amides is 1. The molecule has 1 aliphatic rings. The summed E-state index contributed by atoms with van der Waals surface area (Å²) < 4.78 is 26.0. The van der Waals surface area contributed by atoms with Gasteiger partial charge in [-0.25, -0.2) is 8.42 Å². The molecule has 0 radical (unpaired) electrons. The number of hydrogen-bond donors (Lipinski definition) is 1. The van der Waals surface area contributed by atoms with Crippen LogP contribution in [-0.4, -0.2) is 26.6 Å². The lowest BCUT2D eigenvalue weighted by atomic mass is 10.1. The Labute approximate surface area is 159 Å². The first kappa shape index (κ1) is 18.7. The van der Waals surface area contributed by atoms with Gasteiger partial charge in [-0.2, -0.15) is 0 Å². The first-order valence-corrected chi connectivity index (χ1v) is 10.5. The van der Waals surface area contributed by atoms with E-state index in [0.29, 0.717) is 24.3 Å². The molecule has 1 amide bonds. The summed E-state index contributed by atoms with van der Waals surface area (Å²) >= 11 is 6.20. The van der Waals surface area contributed by atoms with Crippen LogP contribution in [0.3, 0.4) is 0 Å². The number of sulfonamides is 1. The first-order valence-electron chi connectivity index (χ1n) is 8.46. The molecule has 0 spiro atoms. The van der Waals surface area contributed by atoms with Crippen LogP contribution >= 0.6 is 11.6 Å². The highest BCUT2D eigenvalue weighted by Crippen LogP contribution is 2.28. The van der Waals surface area contributed by atoms with Crippen molar-refractivity contribution < 1.29 is 13.2 Å². The lowest BCUT2D eigenvalue weighted by Crippen LogP contribution is -2.38. The molecule has 1 aliphatic heterocycles. The fraction of sp³-hybridized carbons (Fsp3) is 0.316. The Morgan fingerprint density at radius 3 is 2.54 bits per heavy atom. The van der Waals surface area contributed by atoms with Crippen molar-refractivity contribution in [1.82, 2.24) is 0 Å². The summed E-state index contributed by atoms with van der Waals surface area (Å²) in [7, 11) is -3.34. The van der Waals surface area contributed by atoms with Crippen molar-refractivity contribution in [3.05, 3.63) is 58.1 Å². The Balaban J connectivity index is 1.89. The number of hydrogen-bond acceptors (Lipinski definition) is 3. The molecule has 5 nitrogen and oxygen atoms in total. The smallest absolute Gasteiger partial charge is 0.257 e. The van der Waals surface area contributed by atoms with E-state index < -0.39 is 10.0 Å². The van der Waals surface area contributed by atoms with Gasteiger partial charge in [0.25, 0.3) is 5.91 Å². The zero-order chi connectivity index (χ0) is 18.9. The molecular formula is C19H21ClN2O3S. The number of aryl methyl sites for hydroxylation is 2. The van der Waals surface area contributed by atoms with Crippen molar-refractivity contribution >= 4 is 38.9 Å². The molecular weight excluding hydrogens is 372 g/mol. The second-order valence-corrected chi connectivity index (χ2v) is 8.93. The van der Waals surface area contributed by atoms with Gasteiger partial charge in [0.05, 0.1) is 22.0 Å². The fourth-order valence-electron chi connectivity index (χ4n) is 2.94. The molecule has 2 aromatic carbocycles. The highest BCUT2D eigenvalue weighted by atomic mass is 35.5. The number of nitrogens with one attached hydrogen (secondary N) is 1. The van der Waals surface area contributed by atoms with Crippen LogP contribution in [0.4, 0.5) is 11.4 Å². The van der Waals surface area contributed by atoms with Crippen LogP contribution in [0.25, 0.3) is 0 Å². The van der Waals surface area contributed by atoms with Crippen LogP contribution in [0, 0.1) is 13.8 Å². The Morgan fingerprint density at radius 2 is 1.85 bits per heavy atom. The molecule has 1 fully saturated rings. The molecule has 0 bridgehead atoms. The van der Waals surface area contributed by atoms with Gasteiger partial charge in [0, 0.05) is 12.2 Å². The van der Waals surface area contributed by atoms with Gasteiger partial charge in [0.15, 0.2) is 0 Å². The van der Waals surface area contributed by atoms with E-state index in [0.717, 1.165) is 17.5 Å². The van der Waals surface area contributed by atoms with Crippen molar-refractivity contribution in [3.63, 3.8) is 0 Å². The third-order valence-corrected chi connectivity index (χ3v) is 6.80. The van der Waals surface area contributed by atoms with Crippen molar-refractivity contribution in [1.29, 1.82) is 0 Å². The summed E-state index contributed by atoms with van der Waals surface area (Å²) in [6.45, 7) is 4.39. The average molecular weight is 393 g/mol. The molecule has 1 N–H and O–H groups in total. The Bertz CT molecular complexity index is 957. The molecule has 0 atom stereocenters. The third-order valence-electron chi connectivity index (χ3n) is 4.60. The Morgan fingerprint density at radius 1 is 1.08 bits per heavy atom. The molecule has 0 aliphatic carbocycles. The van der Waals surface area contributed by atoms with Gasteiger partial charge in [-0.3, -0.25) is 9.10 Å². The van der Waals surface area contributed by atoms with Crippen LogP contribution in [0.1, 0.15) is 34.3 Å². The molecule has 7 heteroatoms. The Hall–Kier alpha value is -2.05. The molecule has 0 unspecified atom stereocenters. The van der Waals surface area contributed by atoms with Crippen LogP contribution in [-0.2, 0) is 10.0 Å². The second kappa shape index (κ2) is 7.29. The molecule has 2 aromatic rings. The van der Waals surface area contributed by atoms with E-state index in [2.05, 4.69) is 5.32 Å². The van der Waals surface area contributed by atoms with Gasteiger partial charge >= 0.3 is 0 Å². The summed E-state index contributed by atoms with van der Waals surface area (Å²) in [5.74, 6) is -0.241. The monoisotopic (exact) mass is 392 g/mol. The summed E-state index contributed by atoms with van der Waals surface area (Å²) in [5.41, 5.74) is 3.60. The van der Waals surface area contributed by atoms with Crippen molar-refractivity contribution in [2.24, 2.45) is 0 Å². The number of nitrogens with zero attached hydrogens (tertiary/aromatic N) is 1. The molecule has 0 saturated carbocycles. The maximum atomic E-state index is 12.7. The lowest BCUT2D eigenvalue weighted by molar-refractivity contribution is 0.102. The molecule has 1 saturated heterocycles. The summed E-state index contributed by atoms with van der Waals surface area (Å²) in [4.78, 5) is 12.7. The number of anilines is 2. The van der Waals surface area contributed by atoms with Crippen LogP contribution in [0.2, 0.25) is 5.02 Å². The normalized spacial score (nSPS) is 16.3. The molecule has 0 aromatic heterocycles. The fourth-order valence-corrected chi connectivity index (χ4v) is 4.77. The van der Waals surface area contributed by atoms with E-state index in [4.69, 9.17) is 11.6 Å². The van der Waals surface area contributed by atoms with Gasteiger partial charge < -0.3 is 5.32 Å². The number of carbonyl (C=O) groups is 1. The van der Waals surface area contributed by atoms with E-state index in [-0.39, 0.29) is 22.2 Å². The van der Waals surface area contributed by atoms with E-state index in [9.17, 15) is 13.2 Å². The first-order chi connectivity index (χ1) is 12.3. The summed E-state index contributed by atoms with van der Waals surface area (Å²) in [6, 6.07) is 10.4. The number of rotatable bonds is 3. The van der Waals surface area contributed by atoms with Crippen molar-refractivity contribution in [2.45, 2.75) is 26.7 Å². The van der Waals surface area contributed by atoms with Gasteiger partial charge in [-0.1, -0.05) is 17.7 Å². The molecule has 1 heterocycles. The van der Waals surface area contributed by atoms with Crippen LogP contribution < -0.4 is 9.62 Å². The minimum atomic E-state index is -3.34. The van der Waals surface area contributed by atoms with E-state index in [1.807, 2.05) is 32.0 Å². The van der Waals surface area contributed by atoms with Gasteiger partial charge in [0.1, 0.15) is 0 Å². The van der Waals surface area contributed by atoms with E-state index >= 15 is 0 Å². The number of halogens is 1. The molecule has 26 heavy (non-hydrogen) atoms. The van der Waals surface area contributed by atoms with E-state index in [1.54, 1.807) is 18.2 Å². The topological polar surface area (TPSA) is 66.5 Å². The molecule has 3 rings (SSSR count). The third kappa shape index (κ3) is 3.86. The minimum Gasteiger partial charge on any atom is -0.322 e. The predicted molar refractivity (Wildman–Crippen MR) is 106 cm³/mol. The number of carbonyl (C=O) groups excluding carboxylic acids is 1. The predicted octanol–water partition coefficient (Wildman–Crippen LogP) is 4.14. The quantitative estimate of drug-likeness (QED) is 0.853. The van der Waals surface area contributed by atoms with Gasteiger partial charge in [-0.05, 0) is 68.1 Å². The zero-order valence-corrected chi connectivity index (χ0v) is 16.3. The maximum absolute atomic E-state index is 12.7. The average Bonchev–Trinajstić information content (AvgIpc) is 2.58. The van der Waals surface area contributed by atoms with Gasteiger partial charge in [0.2, 0.25) is 10.0 Å². The van der Waals surface area contributed by atoms with Crippen molar-refractivity contribution in [2.75, 3.05) is 21.9 Å². The van der Waals surface area contributed by atoms with Gasteiger partial charge in [-0.15, -0.1) is 0 Å². The van der Waals surface area contributed by atoms with Crippen LogP contribution in [0.15, 0.2) is 36.4 Å². The second-order valence-electron chi connectivity index (χ2n) is 6.51. The maximum Gasteiger partial charge on any atom is 0.257 e. The largest absolute Gasteiger partial charge is 0.322 e. The summed E-state index contributed by atoms with van der Waals surface area (Å²) in [5, 5.41) is 3.11. The SMILES string of the molecule is Cc1ccc(NC(=O)c2cc(N3CCCCS3(=O)=O)ccc2Cl)cc1C. The van der Waals surface area contributed by atoms with Crippen molar-refractivity contribution in [3.8, 4) is 0 Å². The Kier molecular flexibility index (Phi) is 5.25. The number of benzene rings is 2. The van der Waals surface area contributed by atoms with E-state index in [1.165, 1.54) is 4.31 Å². The highest BCUT2D eigenvalue weighted by Gasteiger charge is 2.27. The highest BCUT2D eigenvalue weighted by molar-refractivity contribution is 7.92. The standard InChI is InChI=1S/C19H21ClN2O3S/c1-13-5-6-15(11-14(13)2)21-19(23)17-12-16(7-8-18(17)20)22-9-3-4-10-26(22,24)25/h5-8,11-12H,3-4,9-10H2,1-2H3,(H,21,23).